The van der Waals surface area contributed by atoms with Gasteiger partial charge in [-0.25, -0.2) is 4.79 Å². The Kier molecular flexibility index (Phi) is 3.70. The second-order valence-electron chi connectivity index (χ2n) is 3.74. The van der Waals surface area contributed by atoms with Gasteiger partial charge in [0.15, 0.2) is 17.2 Å². The quantitative estimate of drug-likeness (QED) is 0.893. The number of oxazole rings is 1. The van der Waals surface area contributed by atoms with Crippen LogP contribution in [0, 0.1) is 0 Å². The standard InChI is InChI=1S/C13H13NO5/c1-3-8-4-5-10(11(6-8)17-2)19-13-14-9(7-18-13)12(15)16/h4-7H,3H2,1-2H3,(H,15,16). The SMILES string of the molecule is CCc1ccc(Oc2nc(C(=O)O)co2)c(OC)c1. The van der Waals surface area contributed by atoms with E-state index < -0.39 is 5.97 Å². The minimum absolute atomic E-state index is 0.139. The third-order valence-electron chi connectivity index (χ3n) is 2.54. The van der Waals surface area contributed by atoms with Gasteiger partial charge in [0, 0.05) is 0 Å². The molecule has 0 bridgehead atoms. The van der Waals surface area contributed by atoms with Crippen molar-refractivity contribution in [2.45, 2.75) is 13.3 Å². The van der Waals surface area contributed by atoms with Gasteiger partial charge in [-0.2, -0.15) is 4.98 Å². The molecule has 19 heavy (non-hydrogen) atoms. The van der Waals surface area contributed by atoms with Gasteiger partial charge in [-0.15, -0.1) is 0 Å². The molecule has 0 saturated heterocycles. The predicted octanol–water partition coefficient (Wildman–Crippen LogP) is 2.74. The van der Waals surface area contributed by atoms with Crippen LogP contribution in [0.4, 0.5) is 0 Å². The average Bonchev–Trinajstić information content (AvgIpc) is 2.88. The van der Waals surface area contributed by atoms with Gasteiger partial charge in [0.1, 0.15) is 6.26 Å². The molecule has 1 aromatic heterocycles. The largest absolute Gasteiger partial charge is 0.493 e. The third-order valence-corrected chi connectivity index (χ3v) is 2.54. The molecule has 0 atom stereocenters. The fourth-order valence-corrected chi connectivity index (χ4v) is 1.51. The number of aryl methyl sites for hydroxylation is 1. The number of benzene rings is 1. The van der Waals surface area contributed by atoms with E-state index in [9.17, 15) is 4.79 Å². The van der Waals surface area contributed by atoms with Gasteiger partial charge < -0.3 is 19.0 Å². The second kappa shape index (κ2) is 5.43. The molecule has 2 aromatic rings. The topological polar surface area (TPSA) is 81.8 Å². The van der Waals surface area contributed by atoms with E-state index in [0.29, 0.717) is 11.5 Å². The molecule has 0 aliphatic carbocycles. The molecule has 6 nitrogen and oxygen atoms in total. The highest BCUT2D eigenvalue weighted by Crippen LogP contribution is 2.32. The van der Waals surface area contributed by atoms with Gasteiger partial charge in [-0.1, -0.05) is 13.0 Å². The molecule has 0 radical (unpaired) electrons. The van der Waals surface area contributed by atoms with Gasteiger partial charge >= 0.3 is 12.0 Å². The van der Waals surface area contributed by atoms with Crippen molar-refractivity contribution in [3.63, 3.8) is 0 Å². The summed E-state index contributed by atoms with van der Waals surface area (Å²) in [6.07, 6.45) is 1.75. The number of hydrogen-bond acceptors (Lipinski definition) is 5. The summed E-state index contributed by atoms with van der Waals surface area (Å²) in [5.74, 6) is -0.222. The van der Waals surface area contributed by atoms with Crippen LogP contribution in [0.1, 0.15) is 23.0 Å². The number of methoxy groups -OCH3 is 1. The van der Waals surface area contributed by atoms with E-state index in [1.807, 2.05) is 19.1 Å². The van der Waals surface area contributed by atoms with Gasteiger partial charge in [0.05, 0.1) is 7.11 Å². The van der Waals surface area contributed by atoms with E-state index in [0.717, 1.165) is 18.2 Å². The number of aromatic carboxylic acids is 1. The summed E-state index contributed by atoms with van der Waals surface area (Å²) in [7, 11) is 1.53. The highest BCUT2D eigenvalue weighted by Gasteiger charge is 2.14. The highest BCUT2D eigenvalue weighted by atomic mass is 16.6. The maximum Gasteiger partial charge on any atom is 0.400 e. The Labute approximate surface area is 109 Å². The normalized spacial score (nSPS) is 10.2. The maximum absolute atomic E-state index is 10.7. The average molecular weight is 263 g/mol. The smallest absolute Gasteiger partial charge is 0.400 e. The summed E-state index contributed by atoms with van der Waals surface area (Å²) in [6, 6.07) is 5.46. The van der Waals surface area contributed by atoms with E-state index in [-0.39, 0.29) is 11.8 Å². The molecule has 0 aliphatic heterocycles. The molecule has 0 unspecified atom stereocenters. The van der Waals surface area contributed by atoms with E-state index in [2.05, 4.69) is 4.98 Å². The van der Waals surface area contributed by atoms with Gasteiger partial charge in [0.25, 0.3) is 0 Å². The molecule has 1 heterocycles. The van der Waals surface area contributed by atoms with Crippen LogP contribution in [-0.2, 0) is 6.42 Å². The molecule has 0 aliphatic rings. The van der Waals surface area contributed by atoms with Gasteiger partial charge in [-0.3, -0.25) is 0 Å². The van der Waals surface area contributed by atoms with Crippen LogP contribution < -0.4 is 9.47 Å². The zero-order chi connectivity index (χ0) is 13.8. The van der Waals surface area contributed by atoms with Crippen molar-refractivity contribution < 1.29 is 23.8 Å². The van der Waals surface area contributed by atoms with Crippen LogP contribution in [0.3, 0.4) is 0 Å². The van der Waals surface area contributed by atoms with Crippen LogP contribution in [0.25, 0.3) is 0 Å². The molecule has 2 rings (SSSR count). The molecule has 0 saturated carbocycles. The molecule has 0 spiro atoms. The predicted molar refractivity (Wildman–Crippen MR) is 65.9 cm³/mol. The summed E-state index contributed by atoms with van der Waals surface area (Å²) < 4.78 is 15.5. The zero-order valence-electron chi connectivity index (χ0n) is 10.5. The summed E-state index contributed by atoms with van der Waals surface area (Å²) in [6.45, 7) is 2.03. The summed E-state index contributed by atoms with van der Waals surface area (Å²) in [5, 5.41) is 8.73. The Morgan fingerprint density at radius 1 is 1.42 bits per heavy atom. The lowest BCUT2D eigenvalue weighted by molar-refractivity contribution is 0.0690. The fraction of sp³-hybridized carbons (Fsp3) is 0.231. The van der Waals surface area contributed by atoms with Crippen LogP contribution in [0.2, 0.25) is 0 Å². The number of nitrogens with zero attached hydrogens (tertiary/aromatic N) is 1. The monoisotopic (exact) mass is 263 g/mol. The summed E-state index contributed by atoms with van der Waals surface area (Å²) in [4.78, 5) is 14.3. The van der Waals surface area contributed by atoms with Crippen molar-refractivity contribution in [1.82, 2.24) is 4.98 Å². The molecule has 0 fully saturated rings. The van der Waals surface area contributed by atoms with Crippen LogP contribution in [0.15, 0.2) is 28.9 Å². The number of carboxylic acid groups (broad SMARTS) is 1. The Hall–Kier alpha value is -2.50. The Morgan fingerprint density at radius 3 is 2.79 bits per heavy atom. The molecule has 1 N–H and O–H groups in total. The molecule has 1 aromatic carbocycles. The molecule has 0 amide bonds. The zero-order valence-corrected chi connectivity index (χ0v) is 10.5. The first-order chi connectivity index (χ1) is 9.13. The van der Waals surface area contributed by atoms with E-state index in [4.69, 9.17) is 19.0 Å². The van der Waals surface area contributed by atoms with Crippen molar-refractivity contribution in [1.29, 1.82) is 0 Å². The molecular weight excluding hydrogens is 250 g/mol. The van der Waals surface area contributed by atoms with Crippen molar-refractivity contribution in [2.75, 3.05) is 7.11 Å². The molecule has 100 valence electrons. The molecule has 6 heteroatoms. The first-order valence-corrected chi connectivity index (χ1v) is 5.67. The van der Waals surface area contributed by atoms with E-state index in [1.165, 1.54) is 7.11 Å². The lowest BCUT2D eigenvalue weighted by atomic mass is 10.1. The lowest BCUT2D eigenvalue weighted by Crippen LogP contribution is -1.96. The van der Waals surface area contributed by atoms with Crippen molar-refractivity contribution in [3.05, 3.63) is 35.7 Å². The minimum atomic E-state index is -1.17. The minimum Gasteiger partial charge on any atom is -0.493 e. The van der Waals surface area contributed by atoms with Crippen molar-refractivity contribution in [2.24, 2.45) is 0 Å². The summed E-state index contributed by atoms with van der Waals surface area (Å²) in [5.41, 5.74) is 0.891. The van der Waals surface area contributed by atoms with Crippen LogP contribution >= 0.6 is 0 Å². The maximum atomic E-state index is 10.7. The number of rotatable bonds is 5. The fourth-order valence-electron chi connectivity index (χ4n) is 1.51. The van der Waals surface area contributed by atoms with E-state index >= 15 is 0 Å². The first kappa shape index (κ1) is 12.9. The number of carbonyl (C=O) groups is 1. The number of hydrogen-bond donors (Lipinski definition) is 1. The number of ether oxygens (including phenoxy) is 2. The Morgan fingerprint density at radius 2 is 2.21 bits per heavy atom. The van der Waals surface area contributed by atoms with Crippen LogP contribution in [0.5, 0.6) is 17.6 Å². The first-order valence-electron chi connectivity index (χ1n) is 5.67. The summed E-state index contributed by atoms with van der Waals surface area (Å²) >= 11 is 0. The van der Waals surface area contributed by atoms with Crippen molar-refractivity contribution >= 4 is 5.97 Å². The lowest BCUT2D eigenvalue weighted by Gasteiger charge is -2.08. The Bertz CT molecular complexity index is 590. The number of carboxylic acids is 1. The number of aromatic nitrogens is 1. The highest BCUT2D eigenvalue weighted by molar-refractivity contribution is 5.84. The van der Waals surface area contributed by atoms with Gasteiger partial charge in [0.2, 0.25) is 0 Å². The Balaban J connectivity index is 2.24. The van der Waals surface area contributed by atoms with Crippen molar-refractivity contribution in [3.8, 4) is 17.6 Å². The van der Waals surface area contributed by atoms with E-state index in [1.54, 1.807) is 6.07 Å². The third kappa shape index (κ3) is 2.85. The molecular formula is C13H13NO5. The second-order valence-corrected chi connectivity index (χ2v) is 3.74. The van der Waals surface area contributed by atoms with Crippen LogP contribution in [-0.4, -0.2) is 23.2 Å². The van der Waals surface area contributed by atoms with Gasteiger partial charge in [-0.05, 0) is 24.1 Å².